The Kier molecular flexibility index (Phi) is 12.0. The number of hydrogen-bond donors (Lipinski definition) is 1. The molecule has 38 heavy (non-hydrogen) atoms. The van der Waals surface area contributed by atoms with E-state index in [-0.39, 0.29) is 18.1 Å². The first-order valence-electron chi connectivity index (χ1n) is 15.1. The number of rotatable bonds is 13. The van der Waals surface area contributed by atoms with E-state index in [1.165, 1.54) is 51.4 Å². The van der Waals surface area contributed by atoms with Crippen LogP contribution in [0.1, 0.15) is 102 Å². The number of ether oxygens (including phenoxy) is 1. The number of halogens is 2. The minimum Gasteiger partial charge on any atom is -0.462 e. The monoisotopic (exact) mass is 548 g/mol. The molecule has 2 fully saturated rings. The maximum atomic E-state index is 15.4. The predicted octanol–water partition coefficient (Wildman–Crippen LogP) is 8.02. The van der Waals surface area contributed by atoms with Gasteiger partial charge in [0.1, 0.15) is 0 Å². The highest BCUT2D eigenvalue weighted by Crippen LogP contribution is 2.45. The molecule has 214 valence electrons. The first-order chi connectivity index (χ1) is 18.2. The molecule has 0 radical (unpaired) electrons. The Morgan fingerprint density at radius 1 is 0.974 bits per heavy atom. The SMILES string of the molecule is C=C(CO)C(=O)OCCC[Si](C)(C)c1ccc(C2CCC(C3CCC(CCCCC)CC3)CC2)c(F)c1F. The molecule has 2 saturated carbocycles. The second-order valence-electron chi connectivity index (χ2n) is 12.6. The number of hydrogen-bond acceptors (Lipinski definition) is 3. The van der Waals surface area contributed by atoms with Gasteiger partial charge in [-0.2, -0.15) is 0 Å². The van der Waals surface area contributed by atoms with Crippen molar-refractivity contribution in [2.45, 2.75) is 115 Å². The Morgan fingerprint density at radius 2 is 1.61 bits per heavy atom. The van der Waals surface area contributed by atoms with E-state index in [4.69, 9.17) is 9.84 Å². The van der Waals surface area contributed by atoms with Gasteiger partial charge in [0, 0.05) is 0 Å². The van der Waals surface area contributed by atoms with Gasteiger partial charge in [0.15, 0.2) is 11.6 Å². The maximum Gasteiger partial charge on any atom is 0.335 e. The third kappa shape index (κ3) is 8.24. The van der Waals surface area contributed by atoms with Crippen LogP contribution in [0.2, 0.25) is 19.1 Å². The molecule has 0 unspecified atom stereocenters. The number of carbonyl (C=O) groups is 1. The molecule has 0 bridgehead atoms. The van der Waals surface area contributed by atoms with Crippen molar-refractivity contribution >= 4 is 19.2 Å². The van der Waals surface area contributed by atoms with E-state index in [9.17, 15) is 4.79 Å². The van der Waals surface area contributed by atoms with E-state index in [1.807, 2.05) is 25.2 Å². The molecular weight excluding hydrogens is 498 g/mol. The van der Waals surface area contributed by atoms with Crippen LogP contribution in [0.5, 0.6) is 0 Å². The van der Waals surface area contributed by atoms with Crippen molar-refractivity contribution in [1.82, 2.24) is 0 Å². The van der Waals surface area contributed by atoms with E-state index < -0.39 is 32.3 Å². The van der Waals surface area contributed by atoms with Crippen LogP contribution < -0.4 is 5.19 Å². The third-order valence-electron chi connectivity index (χ3n) is 9.49. The van der Waals surface area contributed by atoms with Crippen LogP contribution in [-0.2, 0) is 9.53 Å². The molecule has 3 rings (SSSR count). The van der Waals surface area contributed by atoms with E-state index in [0.717, 1.165) is 43.4 Å². The largest absolute Gasteiger partial charge is 0.462 e. The minimum absolute atomic E-state index is 0.0180. The van der Waals surface area contributed by atoms with Crippen LogP contribution in [0, 0.1) is 29.4 Å². The minimum atomic E-state index is -2.26. The van der Waals surface area contributed by atoms with Gasteiger partial charge in [-0.1, -0.05) is 83.3 Å². The normalized spacial score (nSPS) is 24.3. The average molecular weight is 549 g/mol. The highest BCUT2D eigenvalue weighted by Gasteiger charge is 2.34. The smallest absolute Gasteiger partial charge is 0.335 e. The highest BCUT2D eigenvalue weighted by molar-refractivity contribution is 6.89. The van der Waals surface area contributed by atoms with Gasteiger partial charge in [-0.05, 0) is 79.4 Å². The summed E-state index contributed by atoms with van der Waals surface area (Å²) in [6, 6.07) is 4.35. The van der Waals surface area contributed by atoms with Crippen LogP contribution in [0.25, 0.3) is 0 Å². The topological polar surface area (TPSA) is 46.5 Å². The summed E-state index contributed by atoms with van der Waals surface area (Å²) in [5, 5.41) is 9.46. The van der Waals surface area contributed by atoms with Crippen LogP contribution in [0.3, 0.4) is 0 Å². The van der Waals surface area contributed by atoms with Gasteiger partial charge in [-0.25, -0.2) is 13.6 Å². The fraction of sp³-hybridized carbons (Fsp3) is 0.719. The summed E-state index contributed by atoms with van der Waals surface area (Å²) in [5.41, 5.74) is 0.579. The molecular formula is C32H50F2O3Si. The molecule has 2 aliphatic rings. The van der Waals surface area contributed by atoms with Gasteiger partial charge in [0.2, 0.25) is 0 Å². The predicted molar refractivity (Wildman–Crippen MR) is 154 cm³/mol. The molecule has 0 heterocycles. The average Bonchev–Trinajstić information content (AvgIpc) is 2.92. The van der Waals surface area contributed by atoms with Gasteiger partial charge in [0.25, 0.3) is 0 Å². The first-order valence-corrected chi connectivity index (χ1v) is 18.3. The van der Waals surface area contributed by atoms with Crippen LogP contribution in [0.4, 0.5) is 8.78 Å². The van der Waals surface area contributed by atoms with Crippen molar-refractivity contribution in [2.75, 3.05) is 13.2 Å². The Labute approximate surface area is 230 Å². The molecule has 0 aliphatic heterocycles. The summed E-state index contributed by atoms with van der Waals surface area (Å²) in [6.45, 7) is 9.53. The standard InChI is InChI=1S/C32H50F2O3Si/c1-5-6-7-9-24-10-12-25(13-11-24)26-14-16-27(17-15-26)28-18-19-29(31(34)30(28)33)38(3,4)21-8-20-37-32(36)23(2)22-35/h18-19,24-27,35H,2,5-17,20-22H2,1,3-4H3. The molecule has 1 N–H and O–H groups in total. The van der Waals surface area contributed by atoms with Crippen molar-refractivity contribution in [2.24, 2.45) is 17.8 Å². The number of carbonyl (C=O) groups excluding carboxylic acids is 1. The summed E-state index contributed by atoms with van der Waals surface area (Å²) < 4.78 is 35.8. The van der Waals surface area contributed by atoms with Gasteiger partial charge >= 0.3 is 5.97 Å². The molecule has 6 heteroatoms. The van der Waals surface area contributed by atoms with E-state index in [0.29, 0.717) is 23.2 Å². The second-order valence-corrected chi connectivity index (χ2v) is 17.4. The van der Waals surface area contributed by atoms with Crippen molar-refractivity contribution in [1.29, 1.82) is 0 Å². The second kappa shape index (κ2) is 14.7. The Bertz CT molecular complexity index is 916. The van der Waals surface area contributed by atoms with Crippen molar-refractivity contribution in [3.05, 3.63) is 41.5 Å². The zero-order chi connectivity index (χ0) is 27.7. The van der Waals surface area contributed by atoms with Crippen molar-refractivity contribution in [3.63, 3.8) is 0 Å². The lowest BCUT2D eigenvalue weighted by Crippen LogP contribution is -2.44. The van der Waals surface area contributed by atoms with Gasteiger partial charge in [-0.3, -0.25) is 0 Å². The number of aliphatic hydroxyl groups excluding tert-OH is 1. The molecule has 1 aromatic rings. The molecule has 0 spiro atoms. The van der Waals surface area contributed by atoms with Gasteiger partial charge in [0.05, 0.1) is 26.9 Å². The lowest BCUT2D eigenvalue weighted by atomic mass is 9.68. The molecule has 2 aliphatic carbocycles. The number of benzene rings is 1. The quantitative estimate of drug-likeness (QED) is 0.117. The Hall–Kier alpha value is -1.53. The molecule has 1 aromatic carbocycles. The fourth-order valence-corrected chi connectivity index (χ4v) is 9.45. The summed E-state index contributed by atoms with van der Waals surface area (Å²) in [4.78, 5) is 11.6. The summed E-state index contributed by atoms with van der Waals surface area (Å²) in [7, 11) is -2.26. The van der Waals surface area contributed by atoms with E-state index >= 15 is 8.78 Å². The molecule has 0 atom stereocenters. The van der Waals surface area contributed by atoms with Crippen molar-refractivity contribution < 1.29 is 23.4 Å². The Morgan fingerprint density at radius 3 is 2.21 bits per heavy atom. The molecule has 0 aromatic heterocycles. The molecule has 3 nitrogen and oxygen atoms in total. The number of esters is 1. The van der Waals surface area contributed by atoms with E-state index in [2.05, 4.69) is 13.5 Å². The summed E-state index contributed by atoms with van der Waals surface area (Å²) in [6.07, 6.45) is 15.7. The van der Waals surface area contributed by atoms with E-state index in [1.54, 1.807) is 0 Å². The lowest BCUT2D eigenvalue weighted by molar-refractivity contribution is -0.139. The fourth-order valence-electron chi connectivity index (χ4n) is 6.92. The molecule has 0 saturated heterocycles. The summed E-state index contributed by atoms with van der Waals surface area (Å²) in [5.74, 6) is 0.694. The maximum absolute atomic E-state index is 15.4. The van der Waals surface area contributed by atoms with Gasteiger partial charge < -0.3 is 9.84 Å². The zero-order valence-electron chi connectivity index (χ0n) is 24.0. The molecule has 0 amide bonds. The lowest BCUT2D eigenvalue weighted by Gasteiger charge is -2.38. The number of unbranched alkanes of at least 4 members (excludes halogenated alkanes) is 2. The van der Waals surface area contributed by atoms with Crippen LogP contribution in [0.15, 0.2) is 24.3 Å². The zero-order valence-corrected chi connectivity index (χ0v) is 25.0. The summed E-state index contributed by atoms with van der Waals surface area (Å²) >= 11 is 0. The van der Waals surface area contributed by atoms with Crippen LogP contribution >= 0.6 is 0 Å². The Balaban J connectivity index is 1.50. The van der Waals surface area contributed by atoms with Gasteiger partial charge in [-0.15, -0.1) is 0 Å². The highest BCUT2D eigenvalue weighted by atomic mass is 28.3. The van der Waals surface area contributed by atoms with Crippen LogP contribution in [-0.4, -0.2) is 32.4 Å². The first kappa shape index (κ1) is 31.0. The number of aliphatic hydroxyl groups is 1. The van der Waals surface area contributed by atoms with Crippen molar-refractivity contribution in [3.8, 4) is 0 Å². The third-order valence-corrected chi connectivity index (χ3v) is 12.9.